The van der Waals surface area contributed by atoms with E-state index in [1.807, 2.05) is 84.9 Å². The summed E-state index contributed by atoms with van der Waals surface area (Å²) in [7, 11) is -1.49. The van der Waals surface area contributed by atoms with Crippen LogP contribution in [0.2, 0.25) is 5.04 Å². The highest BCUT2D eigenvalue weighted by atomic mass is 28.4. The van der Waals surface area contributed by atoms with Crippen LogP contribution >= 0.6 is 0 Å². The Morgan fingerprint density at radius 1 is 0.950 bits per heavy atom. The predicted molar refractivity (Wildman–Crippen MR) is 163 cm³/mol. The zero-order valence-electron chi connectivity index (χ0n) is 24.1. The van der Waals surface area contributed by atoms with Gasteiger partial charge in [0, 0.05) is 13.0 Å². The molecule has 0 fully saturated rings. The summed E-state index contributed by atoms with van der Waals surface area (Å²) in [5, 5.41) is 10.9. The van der Waals surface area contributed by atoms with E-state index in [9.17, 15) is 14.7 Å². The van der Waals surface area contributed by atoms with Crippen molar-refractivity contribution in [3.05, 3.63) is 90.5 Å². The number of ether oxygens (including phenoxy) is 2. The first kappa shape index (κ1) is 31.3. The number of hydrogen-bond donors (Lipinski definition) is 2. The highest BCUT2D eigenvalue weighted by Crippen LogP contribution is 2.41. The third-order valence-corrected chi connectivity index (χ3v) is 11.9. The van der Waals surface area contributed by atoms with Crippen LogP contribution in [0.25, 0.3) is 0 Å². The lowest BCUT2D eigenvalue weighted by Crippen LogP contribution is -2.65. The van der Waals surface area contributed by atoms with Gasteiger partial charge in [0.1, 0.15) is 11.9 Å². The van der Waals surface area contributed by atoms with E-state index >= 15 is 0 Å². The topological polar surface area (TPSA) is 76.0 Å². The van der Waals surface area contributed by atoms with E-state index in [2.05, 4.69) is 32.6 Å². The normalized spacial score (nSPS) is 13.2. The largest absolute Gasteiger partial charge is 0.497 e. The molecule has 0 saturated carbocycles. The van der Waals surface area contributed by atoms with Gasteiger partial charge in [-0.15, -0.1) is 0 Å². The number of aliphatic hydroxyl groups is 1. The number of Topliss-reactive ketones (excluding diaryl/α,β-unsaturated/α-hetero) is 1. The molecule has 0 aromatic heterocycles. The number of carbonyl (C=O) groups excluding carboxylic acids is 1. The van der Waals surface area contributed by atoms with Gasteiger partial charge in [-0.05, 0) is 64.2 Å². The van der Waals surface area contributed by atoms with E-state index < -0.39 is 14.4 Å². The SMILES string of the molecule is COc1ccc(CO[C@@H](CCCO)C(=O)C#CC[C@H](C)CC(C)(C)[Si](O)(c2ccccc2)c2ccccc2)cc1. The molecular formula is C34H42O5Si. The van der Waals surface area contributed by atoms with Crippen LogP contribution in [0.1, 0.15) is 52.0 Å². The van der Waals surface area contributed by atoms with Gasteiger partial charge >= 0.3 is 0 Å². The van der Waals surface area contributed by atoms with Gasteiger partial charge in [0.05, 0.1) is 13.7 Å². The Morgan fingerprint density at radius 2 is 1.52 bits per heavy atom. The Morgan fingerprint density at radius 3 is 2.05 bits per heavy atom. The van der Waals surface area contributed by atoms with Gasteiger partial charge in [0.15, 0.2) is 0 Å². The fourth-order valence-electron chi connectivity index (χ4n) is 5.28. The molecule has 0 heterocycles. The first-order chi connectivity index (χ1) is 19.2. The monoisotopic (exact) mass is 558 g/mol. The van der Waals surface area contributed by atoms with Gasteiger partial charge in [0.2, 0.25) is 5.78 Å². The first-order valence-corrected chi connectivity index (χ1v) is 15.9. The molecule has 0 aliphatic rings. The van der Waals surface area contributed by atoms with Crippen molar-refractivity contribution in [1.29, 1.82) is 0 Å². The maximum Gasteiger partial charge on any atom is 0.258 e. The number of ketones is 1. The van der Waals surface area contributed by atoms with Crippen LogP contribution in [0.15, 0.2) is 84.9 Å². The molecule has 2 N–H and O–H groups in total. The number of aliphatic hydroxyl groups excluding tert-OH is 1. The van der Waals surface area contributed by atoms with Crippen LogP contribution < -0.4 is 15.1 Å². The zero-order chi connectivity index (χ0) is 29.0. The van der Waals surface area contributed by atoms with Gasteiger partial charge in [-0.2, -0.15) is 0 Å². The smallest absolute Gasteiger partial charge is 0.258 e. The summed E-state index contributed by atoms with van der Waals surface area (Å²) in [5.74, 6) is 6.53. The molecule has 0 unspecified atom stereocenters. The van der Waals surface area contributed by atoms with E-state index in [1.165, 1.54) is 0 Å². The van der Waals surface area contributed by atoms with Gasteiger partial charge < -0.3 is 19.4 Å². The fourth-order valence-corrected chi connectivity index (χ4v) is 9.17. The van der Waals surface area contributed by atoms with Gasteiger partial charge in [-0.1, -0.05) is 99.5 Å². The van der Waals surface area contributed by atoms with Crippen molar-refractivity contribution in [3.8, 4) is 17.6 Å². The number of methoxy groups -OCH3 is 1. The summed E-state index contributed by atoms with van der Waals surface area (Å²) < 4.78 is 11.1. The average Bonchev–Trinajstić information content (AvgIpc) is 2.97. The van der Waals surface area contributed by atoms with Crippen LogP contribution in [0.4, 0.5) is 0 Å². The third kappa shape index (κ3) is 8.15. The summed E-state index contributed by atoms with van der Waals surface area (Å²) >= 11 is 0. The number of rotatable bonds is 14. The molecule has 212 valence electrons. The van der Waals surface area contributed by atoms with Crippen molar-refractivity contribution in [2.24, 2.45) is 5.92 Å². The van der Waals surface area contributed by atoms with Crippen LogP contribution in [0.5, 0.6) is 5.75 Å². The molecule has 40 heavy (non-hydrogen) atoms. The molecule has 3 aromatic carbocycles. The van der Waals surface area contributed by atoms with Crippen LogP contribution in [-0.4, -0.2) is 43.8 Å². The van der Waals surface area contributed by atoms with Crippen molar-refractivity contribution in [2.45, 2.75) is 64.2 Å². The quantitative estimate of drug-likeness (QED) is 0.168. The summed E-state index contributed by atoms with van der Waals surface area (Å²) in [4.78, 5) is 25.3. The molecular weight excluding hydrogens is 516 g/mol. The summed E-state index contributed by atoms with van der Waals surface area (Å²) in [5.41, 5.74) is 0.930. The average molecular weight is 559 g/mol. The van der Waals surface area contributed by atoms with E-state index in [4.69, 9.17) is 9.47 Å². The Labute approximate surface area is 240 Å². The second-order valence-electron chi connectivity index (χ2n) is 11.0. The Hall–Kier alpha value is -3.21. The minimum absolute atomic E-state index is 0.00908. The second-order valence-corrected chi connectivity index (χ2v) is 14.9. The molecule has 0 radical (unpaired) electrons. The molecule has 2 atom stereocenters. The van der Waals surface area contributed by atoms with Gasteiger partial charge in [0.25, 0.3) is 8.32 Å². The Kier molecular flexibility index (Phi) is 11.7. The summed E-state index contributed by atoms with van der Waals surface area (Å²) in [6, 6.07) is 27.5. The van der Waals surface area contributed by atoms with Crippen molar-refractivity contribution in [1.82, 2.24) is 0 Å². The lowest BCUT2D eigenvalue weighted by molar-refractivity contribution is -0.126. The Balaban J connectivity index is 1.68. The Bertz CT molecular complexity index is 1210. The van der Waals surface area contributed by atoms with E-state index in [0.29, 0.717) is 19.3 Å². The predicted octanol–water partition coefficient (Wildman–Crippen LogP) is 4.87. The van der Waals surface area contributed by atoms with Crippen molar-refractivity contribution < 1.29 is 24.2 Å². The van der Waals surface area contributed by atoms with Crippen LogP contribution in [0.3, 0.4) is 0 Å². The molecule has 3 rings (SSSR count). The van der Waals surface area contributed by atoms with E-state index in [-0.39, 0.29) is 30.0 Å². The molecule has 0 aliphatic heterocycles. The minimum Gasteiger partial charge on any atom is -0.497 e. The first-order valence-electron chi connectivity index (χ1n) is 13.9. The summed E-state index contributed by atoms with van der Waals surface area (Å²) in [6.45, 7) is 6.68. The minimum atomic E-state index is -3.10. The molecule has 0 bridgehead atoms. The lowest BCUT2D eigenvalue weighted by Gasteiger charge is -2.42. The standard InChI is InChI=1S/C34H42O5Si/c1-27(25-34(2,3)40(37,30-14-7-5-8-15-30)31-16-9-6-10-17-31)13-11-18-32(36)33(19-12-24-35)39-26-28-20-22-29(38-4)23-21-28/h5-10,14-17,20-23,27,33,35,37H,12-13,19,24-26H2,1-4H3/t27-,33-/m0/s1. The fraction of sp³-hybridized carbons (Fsp3) is 0.382. The summed E-state index contributed by atoms with van der Waals surface area (Å²) in [6.07, 6.45) is 1.48. The lowest BCUT2D eigenvalue weighted by atomic mass is 9.95. The highest BCUT2D eigenvalue weighted by Gasteiger charge is 2.50. The van der Waals surface area contributed by atoms with Crippen LogP contribution in [-0.2, 0) is 16.1 Å². The maximum absolute atomic E-state index is 12.9. The third-order valence-electron chi connectivity index (χ3n) is 7.41. The zero-order valence-corrected chi connectivity index (χ0v) is 25.1. The molecule has 6 heteroatoms. The van der Waals surface area contributed by atoms with Gasteiger partial charge in [-0.3, -0.25) is 4.79 Å². The van der Waals surface area contributed by atoms with E-state index in [0.717, 1.165) is 28.1 Å². The maximum atomic E-state index is 12.9. The molecule has 0 spiro atoms. The molecule has 5 nitrogen and oxygen atoms in total. The van der Waals surface area contributed by atoms with Crippen LogP contribution in [0, 0.1) is 17.8 Å². The number of benzene rings is 3. The molecule has 0 amide bonds. The van der Waals surface area contributed by atoms with Crippen molar-refractivity contribution in [2.75, 3.05) is 13.7 Å². The molecule has 3 aromatic rings. The second kappa shape index (κ2) is 15.0. The van der Waals surface area contributed by atoms with Crippen molar-refractivity contribution >= 4 is 24.5 Å². The van der Waals surface area contributed by atoms with E-state index in [1.54, 1.807) is 7.11 Å². The molecule has 0 aliphatic carbocycles. The number of hydrogen-bond acceptors (Lipinski definition) is 5. The van der Waals surface area contributed by atoms with Crippen molar-refractivity contribution in [3.63, 3.8) is 0 Å². The molecule has 0 saturated heterocycles. The highest BCUT2D eigenvalue weighted by molar-refractivity contribution is 6.98. The number of carbonyl (C=O) groups is 1. The van der Waals surface area contributed by atoms with Gasteiger partial charge in [-0.25, -0.2) is 0 Å².